The molecule has 1 nitrogen and oxygen atoms in total. The molecule has 0 bridgehead atoms. The zero-order chi connectivity index (χ0) is 11.3. The van der Waals surface area contributed by atoms with E-state index in [1.807, 2.05) is 11.4 Å². The highest BCUT2D eigenvalue weighted by molar-refractivity contribution is 9.10. The molecule has 0 saturated heterocycles. The Hall–Kier alpha value is 0.290. The van der Waals surface area contributed by atoms with Crippen LogP contribution in [0.5, 0.6) is 0 Å². The van der Waals surface area contributed by atoms with Crippen molar-refractivity contribution in [2.24, 2.45) is 0 Å². The van der Waals surface area contributed by atoms with E-state index < -0.39 is 13.0 Å². The summed E-state index contributed by atoms with van der Waals surface area (Å²) in [6.07, 6.45) is -1.87. The first-order chi connectivity index (χ1) is 7.11. The van der Waals surface area contributed by atoms with Gasteiger partial charge in [0, 0.05) is 16.0 Å². The van der Waals surface area contributed by atoms with Crippen molar-refractivity contribution in [3.8, 4) is 0 Å². The van der Waals surface area contributed by atoms with Crippen LogP contribution < -0.4 is 0 Å². The van der Waals surface area contributed by atoms with Crippen LogP contribution in [0.25, 0.3) is 0 Å². The fraction of sp³-hybridized carbons (Fsp3) is 0.556. The lowest BCUT2D eigenvalue weighted by Gasteiger charge is -2.08. The lowest BCUT2D eigenvalue weighted by atomic mass is 10.3. The number of halogens is 4. The van der Waals surface area contributed by atoms with Crippen molar-refractivity contribution in [2.75, 3.05) is 13.2 Å². The highest BCUT2D eigenvalue weighted by Gasteiger charge is 2.13. The Balaban J connectivity index is 2.25. The maximum absolute atomic E-state index is 11.7. The normalized spacial score (nSPS) is 13.4. The average Bonchev–Trinajstić information content (AvgIpc) is 2.58. The summed E-state index contributed by atoms with van der Waals surface area (Å²) in [7, 11) is 0. The first kappa shape index (κ1) is 13.4. The second kappa shape index (κ2) is 6.78. The van der Waals surface area contributed by atoms with Gasteiger partial charge in [-0.05, 0) is 33.8 Å². The van der Waals surface area contributed by atoms with Crippen LogP contribution in [0.4, 0.5) is 8.78 Å². The molecule has 0 N–H and O–H groups in total. The van der Waals surface area contributed by atoms with Crippen LogP contribution in [0.15, 0.2) is 15.9 Å². The van der Waals surface area contributed by atoms with Gasteiger partial charge < -0.3 is 4.74 Å². The van der Waals surface area contributed by atoms with Gasteiger partial charge in [-0.15, -0.1) is 22.9 Å². The van der Waals surface area contributed by atoms with E-state index >= 15 is 0 Å². The molecule has 15 heavy (non-hydrogen) atoms. The summed E-state index contributed by atoms with van der Waals surface area (Å²) < 4.78 is 29.2. The molecule has 1 heterocycles. The molecular weight excluding hydrogens is 310 g/mol. The summed E-state index contributed by atoms with van der Waals surface area (Å²) in [4.78, 5) is 1.01. The van der Waals surface area contributed by atoms with Crippen molar-refractivity contribution in [3.63, 3.8) is 0 Å². The quantitative estimate of drug-likeness (QED) is 0.555. The van der Waals surface area contributed by atoms with Gasteiger partial charge >= 0.3 is 0 Å². The summed E-state index contributed by atoms with van der Waals surface area (Å²) >= 11 is 11.0. The monoisotopic (exact) mass is 318 g/mol. The van der Waals surface area contributed by atoms with E-state index in [9.17, 15) is 8.78 Å². The zero-order valence-electron chi connectivity index (χ0n) is 7.76. The third kappa shape index (κ3) is 4.76. The smallest absolute Gasteiger partial charge is 0.261 e. The minimum Gasteiger partial charge on any atom is -0.375 e. The van der Waals surface area contributed by atoms with Gasteiger partial charge in [0.15, 0.2) is 0 Å². The molecule has 1 aromatic rings. The molecule has 0 radical (unpaired) electrons. The summed E-state index contributed by atoms with van der Waals surface area (Å²) in [5.74, 6) is 0. The second-order valence-electron chi connectivity index (χ2n) is 2.86. The van der Waals surface area contributed by atoms with Crippen molar-refractivity contribution >= 4 is 38.9 Å². The molecule has 6 heteroatoms. The highest BCUT2D eigenvalue weighted by Crippen LogP contribution is 2.34. The fourth-order valence-corrected chi connectivity index (χ4v) is 3.17. The molecule has 86 valence electrons. The summed E-state index contributed by atoms with van der Waals surface area (Å²) in [6, 6.07) is 1.91. The van der Waals surface area contributed by atoms with Crippen molar-refractivity contribution < 1.29 is 13.5 Å². The van der Waals surface area contributed by atoms with Crippen molar-refractivity contribution in [2.45, 2.75) is 18.2 Å². The molecular formula is C9H10BrClF2OS. The van der Waals surface area contributed by atoms with E-state index in [4.69, 9.17) is 16.3 Å². The Kier molecular flexibility index (Phi) is 6.04. The number of alkyl halides is 3. The number of rotatable bonds is 6. The maximum Gasteiger partial charge on any atom is 0.261 e. The van der Waals surface area contributed by atoms with E-state index in [1.165, 1.54) is 11.3 Å². The SMILES string of the molecule is FC(F)COCCC(Cl)c1sccc1Br. The van der Waals surface area contributed by atoms with Crippen molar-refractivity contribution in [3.05, 3.63) is 20.8 Å². The predicted molar refractivity (Wildman–Crippen MR) is 62.1 cm³/mol. The lowest BCUT2D eigenvalue weighted by Crippen LogP contribution is -2.06. The average molecular weight is 320 g/mol. The van der Waals surface area contributed by atoms with Crippen LogP contribution in [0.2, 0.25) is 0 Å². The summed E-state index contributed by atoms with van der Waals surface area (Å²) in [5, 5.41) is 1.74. The molecule has 1 unspecified atom stereocenters. The Morgan fingerprint density at radius 2 is 2.27 bits per heavy atom. The number of hydrogen-bond donors (Lipinski definition) is 0. The summed E-state index contributed by atoms with van der Waals surface area (Å²) in [5.41, 5.74) is 0. The number of thiophene rings is 1. The molecule has 0 aliphatic heterocycles. The molecule has 0 aromatic carbocycles. The van der Waals surface area contributed by atoms with Gasteiger partial charge in [-0.25, -0.2) is 8.78 Å². The molecule has 1 aromatic heterocycles. The van der Waals surface area contributed by atoms with Crippen molar-refractivity contribution in [1.29, 1.82) is 0 Å². The molecule has 1 rings (SSSR count). The van der Waals surface area contributed by atoms with Crippen LogP contribution in [0, 0.1) is 0 Å². The molecule has 0 aliphatic rings. The van der Waals surface area contributed by atoms with Gasteiger partial charge in [-0.1, -0.05) is 0 Å². The van der Waals surface area contributed by atoms with Gasteiger partial charge in [0.2, 0.25) is 0 Å². The van der Waals surface area contributed by atoms with Gasteiger partial charge in [0.05, 0.1) is 5.38 Å². The molecule has 1 atom stereocenters. The Bertz CT molecular complexity index is 295. The second-order valence-corrected chi connectivity index (χ2v) is 5.18. The largest absolute Gasteiger partial charge is 0.375 e. The fourth-order valence-electron chi connectivity index (χ4n) is 1.02. The number of ether oxygens (including phenoxy) is 1. The molecule has 0 spiro atoms. The highest BCUT2D eigenvalue weighted by atomic mass is 79.9. The third-order valence-corrected chi connectivity index (χ3v) is 4.24. The minimum absolute atomic E-state index is 0.183. The summed E-state index contributed by atoms with van der Waals surface area (Å²) in [6.45, 7) is -0.266. The molecule has 0 aliphatic carbocycles. The Morgan fingerprint density at radius 1 is 1.53 bits per heavy atom. The van der Waals surface area contributed by atoms with Crippen LogP contribution in [0.1, 0.15) is 16.7 Å². The first-order valence-corrected chi connectivity index (χ1v) is 6.45. The zero-order valence-corrected chi connectivity index (χ0v) is 10.9. The van der Waals surface area contributed by atoms with Crippen molar-refractivity contribution in [1.82, 2.24) is 0 Å². The van der Waals surface area contributed by atoms with Gasteiger partial charge in [0.1, 0.15) is 6.61 Å². The van der Waals surface area contributed by atoms with Crippen LogP contribution in [-0.2, 0) is 4.74 Å². The third-order valence-electron chi connectivity index (χ3n) is 1.69. The van der Waals surface area contributed by atoms with E-state index in [1.54, 1.807) is 0 Å². The van der Waals surface area contributed by atoms with Gasteiger partial charge in [-0.2, -0.15) is 0 Å². The number of hydrogen-bond acceptors (Lipinski definition) is 2. The van der Waals surface area contributed by atoms with Gasteiger partial charge in [-0.3, -0.25) is 0 Å². The van der Waals surface area contributed by atoms with E-state index in [2.05, 4.69) is 15.9 Å². The predicted octanol–water partition coefficient (Wildman–Crippen LogP) is 4.46. The molecule has 0 amide bonds. The minimum atomic E-state index is -2.41. The van der Waals surface area contributed by atoms with E-state index in [-0.39, 0.29) is 12.0 Å². The Labute approximate surface area is 105 Å². The van der Waals surface area contributed by atoms with Crippen LogP contribution >= 0.6 is 38.9 Å². The molecule has 0 saturated carbocycles. The maximum atomic E-state index is 11.7. The van der Waals surface area contributed by atoms with E-state index in [0.29, 0.717) is 6.42 Å². The standard InChI is InChI=1S/C9H10BrClF2OS/c10-6-2-4-15-9(6)7(11)1-3-14-5-8(12)13/h2,4,7-8H,1,3,5H2. The van der Waals surface area contributed by atoms with Crippen LogP contribution in [0.3, 0.4) is 0 Å². The first-order valence-electron chi connectivity index (χ1n) is 4.34. The van der Waals surface area contributed by atoms with Gasteiger partial charge in [0.25, 0.3) is 6.43 Å². The van der Waals surface area contributed by atoms with E-state index in [0.717, 1.165) is 9.35 Å². The molecule has 0 fully saturated rings. The topological polar surface area (TPSA) is 9.23 Å². The lowest BCUT2D eigenvalue weighted by molar-refractivity contribution is 0.0165. The Morgan fingerprint density at radius 3 is 2.80 bits per heavy atom. The van der Waals surface area contributed by atoms with Crippen LogP contribution in [-0.4, -0.2) is 19.6 Å².